The molecule has 9 heteroatoms. The highest BCUT2D eigenvalue weighted by molar-refractivity contribution is 7.15. The van der Waals surface area contributed by atoms with E-state index in [-0.39, 0.29) is 17.8 Å². The number of hydrogen-bond donors (Lipinski definition) is 2. The van der Waals surface area contributed by atoms with Crippen molar-refractivity contribution in [1.29, 1.82) is 0 Å². The van der Waals surface area contributed by atoms with Crippen LogP contribution in [0.4, 0.5) is 20.0 Å². The lowest BCUT2D eigenvalue weighted by Gasteiger charge is -2.36. The van der Waals surface area contributed by atoms with Crippen LogP contribution < -0.4 is 15.5 Å². The average molecular weight is 418 g/mol. The molecule has 29 heavy (non-hydrogen) atoms. The van der Waals surface area contributed by atoms with Crippen LogP contribution in [0, 0.1) is 5.82 Å². The lowest BCUT2D eigenvalue weighted by molar-refractivity contribution is -0.117. The van der Waals surface area contributed by atoms with E-state index in [0.29, 0.717) is 31.3 Å². The van der Waals surface area contributed by atoms with E-state index < -0.39 is 6.04 Å². The van der Waals surface area contributed by atoms with Gasteiger partial charge >= 0.3 is 6.03 Å². The third-order valence-corrected chi connectivity index (χ3v) is 6.39. The van der Waals surface area contributed by atoms with Crippen LogP contribution in [0.15, 0.2) is 24.3 Å². The Balaban J connectivity index is 1.25. The monoisotopic (exact) mass is 417 g/mol. The lowest BCUT2D eigenvalue weighted by Crippen LogP contribution is -2.54. The summed E-state index contributed by atoms with van der Waals surface area (Å²) < 4.78 is 13.1. The largest absolute Gasteiger partial charge is 0.368 e. The zero-order valence-corrected chi connectivity index (χ0v) is 17.1. The molecule has 1 unspecified atom stereocenters. The molecule has 154 valence electrons. The Bertz CT molecular complexity index is 871. The summed E-state index contributed by atoms with van der Waals surface area (Å²) in [7, 11) is 0. The summed E-state index contributed by atoms with van der Waals surface area (Å²) in [6.45, 7) is 4.06. The van der Waals surface area contributed by atoms with Gasteiger partial charge in [-0.15, -0.1) is 11.3 Å². The van der Waals surface area contributed by atoms with Crippen LogP contribution in [0.2, 0.25) is 0 Å². The van der Waals surface area contributed by atoms with E-state index in [4.69, 9.17) is 0 Å². The highest BCUT2D eigenvalue weighted by atomic mass is 32.1. The van der Waals surface area contributed by atoms with Crippen molar-refractivity contribution in [2.45, 2.75) is 32.2 Å². The van der Waals surface area contributed by atoms with Gasteiger partial charge in [0.25, 0.3) is 0 Å². The van der Waals surface area contributed by atoms with Gasteiger partial charge in [0.1, 0.15) is 11.9 Å². The predicted octanol–water partition coefficient (Wildman–Crippen LogP) is 2.63. The predicted molar refractivity (Wildman–Crippen MR) is 111 cm³/mol. The van der Waals surface area contributed by atoms with Gasteiger partial charge in [0.2, 0.25) is 5.91 Å². The fraction of sp³-hybridized carbons (Fsp3) is 0.450. The quantitative estimate of drug-likeness (QED) is 0.802. The molecule has 2 heterocycles. The molecule has 0 saturated carbocycles. The number of hydrogen-bond acceptors (Lipinski definition) is 5. The average Bonchev–Trinajstić information content (AvgIpc) is 3.30. The molecule has 0 radical (unpaired) electrons. The van der Waals surface area contributed by atoms with Crippen molar-refractivity contribution in [3.05, 3.63) is 40.7 Å². The van der Waals surface area contributed by atoms with E-state index >= 15 is 0 Å². The molecule has 7 nitrogen and oxygen atoms in total. The zero-order valence-electron chi connectivity index (χ0n) is 16.3. The third-order valence-electron chi connectivity index (χ3n) is 5.32. The summed E-state index contributed by atoms with van der Waals surface area (Å²) >= 11 is 1.52. The highest BCUT2D eigenvalue weighted by Crippen LogP contribution is 2.30. The van der Waals surface area contributed by atoms with Crippen LogP contribution in [0.3, 0.4) is 0 Å². The van der Waals surface area contributed by atoms with Gasteiger partial charge in [-0.1, -0.05) is 0 Å². The number of carbonyl (C=O) groups excluding carboxylic acids is 2. The fourth-order valence-corrected chi connectivity index (χ4v) is 4.67. The summed E-state index contributed by atoms with van der Waals surface area (Å²) in [5.74, 6) is -0.530. The smallest absolute Gasteiger partial charge is 0.318 e. The molecular weight excluding hydrogens is 393 g/mol. The summed E-state index contributed by atoms with van der Waals surface area (Å²) in [5.41, 5.74) is 2.02. The van der Waals surface area contributed by atoms with Crippen LogP contribution in [0.1, 0.15) is 23.9 Å². The van der Waals surface area contributed by atoms with E-state index in [1.54, 1.807) is 24.0 Å². The van der Waals surface area contributed by atoms with Crippen LogP contribution in [0.25, 0.3) is 0 Å². The Hall–Kier alpha value is -2.68. The topological polar surface area (TPSA) is 77.6 Å². The number of piperazine rings is 1. The van der Waals surface area contributed by atoms with Crippen molar-refractivity contribution < 1.29 is 14.0 Å². The number of carbonyl (C=O) groups is 2. The number of aryl methyl sites for hydroxylation is 2. The number of benzene rings is 1. The van der Waals surface area contributed by atoms with Crippen LogP contribution in [-0.4, -0.2) is 54.0 Å². The number of fused-ring (bicyclic) bond motifs is 1. The number of halogens is 1. The van der Waals surface area contributed by atoms with Crippen LogP contribution >= 0.6 is 11.3 Å². The van der Waals surface area contributed by atoms with Crippen LogP contribution in [-0.2, 0) is 17.6 Å². The fourth-order valence-electron chi connectivity index (χ4n) is 3.62. The van der Waals surface area contributed by atoms with Gasteiger partial charge in [0.05, 0.1) is 5.69 Å². The molecule has 1 aromatic heterocycles. The van der Waals surface area contributed by atoms with Crippen LogP contribution in [0.5, 0.6) is 0 Å². The molecule has 1 saturated heterocycles. The second kappa shape index (κ2) is 8.36. The van der Waals surface area contributed by atoms with Crippen molar-refractivity contribution in [3.63, 3.8) is 0 Å². The van der Waals surface area contributed by atoms with Crippen molar-refractivity contribution in [2.75, 3.05) is 36.4 Å². The van der Waals surface area contributed by atoms with Gasteiger partial charge in [-0.25, -0.2) is 14.2 Å². The van der Waals surface area contributed by atoms with Crippen molar-refractivity contribution in [1.82, 2.24) is 15.2 Å². The van der Waals surface area contributed by atoms with E-state index in [1.807, 2.05) is 0 Å². The molecule has 2 N–H and O–H groups in total. The van der Waals surface area contributed by atoms with E-state index in [9.17, 15) is 14.0 Å². The molecule has 0 bridgehead atoms. The number of urea groups is 1. The van der Waals surface area contributed by atoms with Crippen molar-refractivity contribution in [3.8, 4) is 0 Å². The van der Waals surface area contributed by atoms with Gasteiger partial charge in [-0.3, -0.25) is 4.79 Å². The third kappa shape index (κ3) is 4.50. The van der Waals surface area contributed by atoms with Gasteiger partial charge in [0.15, 0.2) is 5.13 Å². The first-order valence-electron chi connectivity index (χ1n) is 9.85. The number of anilines is 2. The number of nitrogens with zero attached hydrogens (tertiary/aromatic N) is 3. The van der Waals surface area contributed by atoms with Gasteiger partial charge in [-0.2, -0.15) is 0 Å². The Morgan fingerprint density at radius 3 is 2.55 bits per heavy atom. The maximum absolute atomic E-state index is 13.1. The molecule has 1 aliphatic carbocycles. The molecule has 0 spiro atoms. The minimum absolute atomic E-state index is 0.256. The number of rotatable bonds is 4. The lowest BCUT2D eigenvalue weighted by atomic mass is 10.2. The number of nitrogens with one attached hydrogen (secondary N) is 2. The minimum Gasteiger partial charge on any atom is -0.368 e. The number of aromatic nitrogens is 1. The molecule has 3 amide bonds. The second-order valence-electron chi connectivity index (χ2n) is 7.35. The Labute approximate surface area is 172 Å². The van der Waals surface area contributed by atoms with E-state index in [2.05, 4.69) is 20.5 Å². The highest BCUT2D eigenvalue weighted by Gasteiger charge is 2.25. The SMILES string of the molecule is CC(NC(=O)N1CCN(c2ccc(F)cc2)CC1)C(=O)Nc1nc2c(s1)CCC2. The first-order chi connectivity index (χ1) is 14.0. The Kier molecular flexibility index (Phi) is 5.66. The normalized spacial score (nSPS) is 17.0. The zero-order chi connectivity index (χ0) is 20.4. The summed E-state index contributed by atoms with van der Waals surface area (Å²) in [6.07, 6.45) is 3.13. The second-order valence-corrected chi connectivity index (χ2v) is 8.44. The summed E-state index contributed by atoms with van der Waals surface area (Å²) in [5, 5.41) is 6.18. The first-order valence-corrected chi connectivity index (χ1v) is 10.7. The maximum atomic E-state index is 13.1. The minimum atomic E-state index is -0.656. The maximum Gasteiger partial charge on any atom is 0.318 e. The molecule has 1 atom stereocenters. The van der Waals surface area contributed by atoms with Gasteiger partial charge in [0, 0.05) is 36.7 Å². The molecule has 4 rings (SSSR count). The molecular formula is C20H24FN5O2S. The Morgan fingerprint density at radius 1 is 1.14 bits per heavy atom. The Morgan fingerprint density at radius 2 is 1.86 bits per heavy atom. The molecule has 1 fully saturated rings. The first kappa shape index (κ1) is 19.6. The molecule has 2 aliphatic rings. The summed E-state index contributed by atoms with van der Waals surface area (Å²) in [4.78, 5) is 34.4. The number of thiazole rings is 1. The molecule has 1 aromatic carbocycles. The van der Waals surface area contributed by atoms with Gasteiger partial charge in [-0.05, 0) is 50.5 Å². The van der Waals surface area contributed by atoms with Crippen molar-refractivity contribution >= 4 is 34.1 Å². The van der Waals surface area contributed by atoms with E-state index in [0.717, 1.165) is 30.6 Å². The molecule has 1 aliphatic heterocycles. The number of amides is 3. The standard InChI is InChI=1S/C20H24FN5O2S/c1-13(18(27)24-19-23-16-3-2-4-17(16)29-19)22-20(28)26-11-9-25(10-12-26)15-7-5-14(21)6-8-15/h5-8,13H,2-4,9-12H2,1H3,(H,22,28)(H,23,24,27). The summed E-state index contributed by atoms with van der Waals surface area (Å²) in [6, 6.07) is 5.44. The van der Waals surface area contributed by atoms with E-state index in [1.165, 1.54) is 28.3 Å². The van der Waals surface area contributed by atoms with Crippen molar-refractivity contribution in [2.24, 2.45) is 0 Å². The molecule has 2 aromatic rings. The van der Waals surface area contributed by atoms with Gasteiger partial charge < -0.3 is 20.4 Å².